The summed E-state index contributed by atoms with van der Waals surface area (Å²) >= 11 is -2.90. The van der Waals surface area contributed by atoms with Crippen molar-refractivity contribution in [2.45, 2.75) is 95.0 Å². The van der Waals surface area contributed by atoms with Crippen LogP contribution in [0.15, 0.2) is 118 Å². The average Bonchev–Trinajstić information content (AvgIpc) is 3.63. The number of hydrogen-bond acceptors (Lipinski definition) is 0. The topological polar surface area (TPSA) is 0 Å². The van der Waals surface area contributed by atoms with Crippen molar-refractivity contribution in [1.82, 2.24) is 0 Å². The van der Waals surface area contributed by atoms with Gasteiger partial charge in [0.15, 0.2) is 0 Å². The van der Waals surface area contributed by atoms with Gasteiger partial charge in [0.05, 0.1) is 0 Å². The third-order valence-corrected chi connectivity index (χ3v) is 22.3. The van der Waals surface area contributed by atoms with Crippen LogP contribution in [0, 0.1) is 35.5 Å². The van der Waals surface area contributed by atoms with E-state index >= 15 is 0 Å². The summed E-state index contributed by atoms with van der Waals surface area (Å²) in [6.45, 7) is 16.9. The van der Waals surface area contributed by atoms with Gasteiger partial charge in [-0.1, -0.05) is 0 Å². The third-order valence-electron chi connectivity index (χ3n) is 13.6. The van der Waals surface area contributed by atoms with Crippen LogP contribution in [0.4, 0.5) is 0 Å². The molecule has 4 aromatic rings. The van der Waals surface area contributed by atoms with E-state index in [0.717, 1.165) is 29.6 Å². The molecular weight excluding hydrogens is 763 g/mol. The van der Waals surface area contributed by atoms with Crippen LogP contribution in [0.2, 0.25) is 0 Å². The maximum atomic E-state index is 2.86. The molecular formula is C50H56Cl2Zr. The zero-order valence-electron chi connectivity index (χ0n) is 32.7. The van der Waals surface area contributed by atoms with Crippen LogP contribution in [-0.4, -0.2) is 3.21 Å². The van der Waals surface area contributed by atoms with Crippen molar-refractivity contribution < 1.29 is 46.1 Å². The van der Waals surface area contributed by atoms with E-state index in [1.54, 1.807) is 19.9 Å². The Hall–Kier alpha value is -2.31. The van der Waals surface area contributed by atoms with E-state index in [0.29, 0.717) is 9.54 Å². The fourth-order valence-electron chi connectivity index (χ4n) is 11.4. The van der Waals surface area contributed by atoms with E-state index in [-0.39, 0.29) is 35.6 Å². The zero-order chi connectivity index (χ0) is 35.2. The van der Waals surface area contributed by atoms with Crippen molar-refractivity contribution in [1.29, 1.82) is 0 Å². The second-order valence-corrected chi connectivity index (χ2v) is 25.2. The molecule has 4 fully saturated rings. The molecule has 6 aliphatic carbocycles. The van der Waals surface area contributed by atoms with E-state index in [9.17, 15) is 0 Å². The van der Waals surface area contributed by atoms with Gasteiger partial charge in [0, 0.05) is 0 Å². The molecule has 1 unspecified atom stereocenters. The molecule has 6 aliphatic rings. The van der Waals surface area contributed by atoms with Gasteiger partial charge in [-0.25, -0.2) is 0 Å². The molecule has 4 saturated carbocycles. The normalized spacial score (nSPS) is 25.3. The number of benzene rings is 4. The summed E-state index contributed by atoms with van der Waals surface area (Å²) in [7, 11) is 0. The summed E-state index contributed by atoms with van der Waals surface area (Å²) in [6.07, 6.45) is 13.1. The van der Waals surface area contributed by atoms with Crippen molar-refractivity contribution in [3.05, 3.63) is 151 Å². The number of fused-ring (bicyclic) bond motifs is 3. The molecule has 4 bridgehead atoms. The first-order valence-electron chi connectivity index (χ1n) is 20.0. The van der Waals surface area contributed by atoms with Crippen molar-refractivity contribution >= 4 is 3.21 Å². The van der Waals surface area contributed by atoms with Crippen LogP contribution in [0.3, 0.4) is 0 Å². The molecule has 4 aromatic carbocycles. The summed E-state index contributed by atoms with van der Waals surface area (Å²) in [5, 5.41) is 0. The van der Waals surface area contributed by atoms with Gasteiger partial charge in [-0.3, -0.25) is 0 Å². The minimum atomic E-state index is -2.90. The Balaban J connectivity index is 0.00000218. The summed E-state index contributed by atoms with van der Waals surface area (Å²) in [5.41, 5.74) is 13.8. The molecule has 3 heteroatoms. The van der Waals surface area contributed by atoms with Gasteiger partial charge >= 0.3 is 318 Å². The SMILES string of the molecule is CC1C=C(C2C3CC4CC(C3)CC2C4)C=[C]1[Zr+2](=[C](c1ccccc1)c1ccccc1)[CH]1c2cc(C(C)(C)C)ccc2-c2ccc(C(C)(C)C)cc21.[Cl-].[Cl-]. The van der Waals surface area contributed by atoms with Crippen molar-refractivity contribution in [2.75, 3.05) is 0 Å². The van der Waals surface area contributed by atoms with Crippen LogP contribution in [-0.2, 0) is 32.1 Å². The first-order chi connectivity index (χ1) is 24.4. The molecule has 0 aliphatic heterocycles. The Morgan fingerprint density at radius 2 is 1.04 bits per heavy atom. The van der Waals surface area contributed by atoms with E-state index in [2.05, 4.69) is 158 Å². The predicted octanol–water partition coefficient (Wildman–Crippen LogP) is 6.78. The Labute approximate surface area is 340 Å². The van der Waals surface area contributed by atoms with Crippen molar-refractivity contribution in [3.63, 3.8) is 0 Å². The van der Waals surface area contributed by atoms with Gasteiger partial charge in [0.25, 0.3) is 0 Å². The molecule has 0 radical (unpaired) electrons. The van der Waals surface area contributed by atoms with Gasteiger partial charge in [0.1, 0.15) is 0 Å². The number of allylic oxidation sites excluding steroid dienone is 4. The largest absolute Gasteiger partial charge is 1.00 e. The van der Waals surface area contributed by atoms with Gasteiger partial charge in [-0.15, -0.1) is 0 Å². The molecule has 1 atom stereocenters. The minimum absolute atomic E-state index is 0. The Bertz CT molecular complexity index is 1960. The van der Waals surface area contributed by atoms with Crippen molar-refractivity contribution in [3.8, 4) is 11.1 Å². The van der Waals surface area contributed by atoms with Crippen molar-refractivity contribution in [2.24, 2.45) is 35.5 Å². The average molecular weight is 819 g/mol. The van der Waals surface area contributed by atoms with Crippen LogP contribution in [0.5, 0.6) is 0 Å². The predicted molar refractivity (Wildman–Crippen MR) is 213 cm³/mol. The second kappa shape index (κ2) is 14.6. The smallest absolute Gasteiger partial charge is 1.00 e. The van der Waals surface area contributed by atoms with Gasteiger partial charge in [-0.05, 0) is 0 Å². The molecule has 0 nitrogen and oxygen atoms in total. The maximum Gasteiger partial charge on any atom is -1.00 e. The molecule has 0 heterocycles. The molecule has 53 heavy (non-hydrogen) atoms. The molecule has 274 valence electrons. The number of hydrogen-bond donors (Lipinski definition) is 0. The van der Waals surface area contributed by atoms with Crippen LogP contribution >= 0.6 is 0 Å². The number of halogens is 2. The molecule has 0 N–H and O–H groups in total. The van der Waals surface area contributed by atoms with Crippen LogP contribution < -0.4 is 24.8 Å². The fraction of sp³-hybridized carbons (Fsp3) is 0.420. The van der Waals surface area contributed by atoms with E-state index < -0.39 is 21.3 Å². The Morgan fingerprint density at radius 1 is 0.585 bits per heavy atom. The molecule has 0 aromatic heterocycles. The second-order valence-electron chi connectivity index (χ2n) is 19.1. The fourth-order valence-corrected chi connectivity index (χ4v) is 20.9. The summed E-state index contributed by atoms with van der Waals surface area (Å²) in [6, 6.07) is 38.3. The standard InChI is InChI=1S/C21H25.C16H21.C13H10.2ClH.Zr/c1-20(2,3)16-7-9-18-14(12-16)11-15-13-17(21(4,5)6)8-10-19(15)18;1-10-2-3-13(4-10)16-14-6-11-5-12(8-14)9-15(16)7-11;1-3-7-12(8-4-1)11-13-9-5-2-6-10-13;;;/h7-13H,1-6H3;3-4,10-12,14-16H,5-9H2,1H3;1-10H;2*1H;/q;;;;;+2/p-2. The molecule has 0 saturated heterocycles. The maximum absolute atomic E-state index is 2.90. The van der Waals surface area contributed by atoms with Gasteiger partial charge in [0.2, 0.25) is 0 Å². The molecule has 0 amide bonds. The number of rotatable bonds is 5. The molecule has 10 rings (SSSR count). The minimum Gasteiger partial charge on any atom is -1.00 e. The monoisotopic (exact) mass is 816 g/mol. The van der Waals surface area contributed by atoms with Gasteiger partial charge in [-0.2, -0.15) is 0 Å². The van der Waals surface area contributed by atoms with E-state index in [1.165, 1.54) is 65.5 Å². The Morgan fingerprint density at radius 3 is 1.47 bits per heavy atom. The quantitative estimate of drug-likeness (QED) is 0.209. The van der Waals surface area contributed by atoms with Crippen LogP contribution in [0.1, 0.15) is 118 Å². The van der Waals surface area contributed by atoms with E-state index in [1.807, 2.05) is 3.28 Å². The van der Waals surface area contributed by atoms with Gasteiger partial charge < -0.3 is 24.8 Å². The summed E-state index contributed by atoms with van der Waals surface area (Å²) < 4.78 is 3.90. The first-order valence-corrected chi connectivity index (χ1v) is 23.9. The molecule has 0 spiro atoms. The summed E-state index contributed by atoms with van der Waals surface area (Å²) in [5.74, 6) is 5.10. The first kappa shape index (κ1) is 38.9. The zero-order valence-corrected chi connectivity index (χ0v) is 36.7. The summed E-state index contributed by atoms with van der Waals surface area (Å²) in [4.78, 5) is 0. The Kier molecular flexibility index (Phi) is 10.8. The third kappa shape index (κ3) is 6.93. The van der Waals surface area contributed by atoms with E-state index in [4.69, 9.17) is 0 Å². The van der Waals surface area contributed by atoms with Crippen LogP contribution in [0.25, 0.3) is 11.1 Å².